The number of anilines is 1. The van der Waals surface area contributed by atoms with Crippen molar-refractivity contribution in [1.82, 2.24) is 15.1 Å². The van der Waals surface area contributed by atoms with Crippen LogP contribution < -0.4 is 5.73 Å². The summed E-state index contributed by atoms with van der Waals surface area (Å²) in [6, 6.07) is 9.24. The van der Waals surface area contributed by atoms with Crippen molar-refractivity contribution in [2.75, 3.05) is 5.73 Å². The van der Waals surface area contributed by atoms with Crippen molar-refractivity contribution < 1.29 is 9.45 Å². The molecule has 2 heterocycles. The summed E-state index contributed by atoms with van der Waals surface area (Å²) in [4.78, 5) is 18.3. The highest BCUT2D eigenvalue weighted by Crippen LogP contribution is 2.23. The monoisotopic (exact) mass is 283 g/mol. The SMILES string of the molecule is Nc1ccc(-c2nc(-c3ccc([N+](=O)[O-])cc3)no2)cn1. The molecular formula is C13H9N5O3. The smallest absolute Gasteiger partial charge is 0.269 e. The maximum Gasteiger partial charge on any atom is 0.269 e. The Morgan fingerprint density at radius 1 is 1.10 bits per heavy atom. The number of hydrogen-bond donors (Lipinski definition) is 1. The molecule has 21 heavy (non-hydrogen) atoms. The lowest BCUT2D eigenvalue weighted by atomic mass is 10.2. The Morgan fingerprint density at radius 2 is 1.81 bits per heavy atom. The van der Waals surface area contributed by atoms with E-state index in [1.165, 1.54) is 18.3 Å². The summed E-state index contributed by atoms with van der Waals surface area (Å²) >= 11 is 0. The second-order valence-corrected chi connectivity index (χ2v) is 4.20. The van der Waals surface area contributed by atoms with E-state index >= 15 is 0 Å². The molecule has 1 aromatic carbocycles. The fourth-order valence-corrected chi connectivity index (χ4v) is 1.72. The van der Waals surface area contributed by atoms with Gasteiger partial charge in [0.15, 0.2) is 0 Å². The third-order valence-electron chi connectivity index (χ3n) is 2.80. The van der Waals surface area contributed by atoms with Crippen LogP contribution in [-0.4, -0.2) is 20.0 Å². The van der Waals surface area contributed by atoms with Crippen LogP contribution in [0.1, 0.15) is 0 Å². The fourth-order valence-electron chi connectivity index (χ4n) is 1.72. The maximum atomic E-state index is 10.6. The molecule has 0 bridgehead atoms. The molecule has 8 nitrogen and oxygen atoms in total. The van der Waals surface area contributed by atoms with Crippen molar-refractivity contribution in [3.05, 3.63) is 52.7 Å². The average molecular weight is 283 g/mol. The lowest BCUT2D eigenvalue weighted by Crippen LogP contribution is -1.89. The molecule has 3 aromatic rings. The van der Waals surface area contributed by atoms with Crippen LogP contribution in [0, 0.1) is 10.1 Å². The lowest BCUT2D eigenvalue weighted by Gasteiger charge is -1.94. The van der Waals surface area contributed by atoms with Crippen molar-refractivity contribution in [2.24, 2.45) is 0 Å². The van der Waals surface area contributed by atoms with Crippen molar-refractivity contribution >= 4 is 11.5 Å². The maximum absolute atomic E-state index is 10.6. The van der Waals surface area contributed by atoms with Crippen LogP contribution >= 0.6 is 0 Å². The Labute approximate surface area is 118 Å². The van der Waals surface area contributed by atoms with E-state index in [2.05, 4.69) is 15.1 Å². The normalized spacial score (nSPS) is 10.5. The third-order valence-corrected chi connectivity index (χ3v) is 2.80. The fraction of sp³-hybridized carbons (Fsp3) is 0. The van der Waals surface area contributed by atoms with Crippen LogP contribution in [-0.2, 0) is 0 Å². The number of nitrogens with zero attached hydrogens (tertiary/aromatic N) is 4. The molecule has 0 aliphatic carbocycles. The number of nitro benzene ring substituents is 1. The van der Waals surface area contributed by atoms with E-state index in [0.717, 1.165) is 0 Å². The molecular weight excluding hydrogens is 274 g/mol. The first-order valence-corrected chi connectivity index (χ1v) is 5.94. The zero-order chi connectivity index (χ0) is 14.8. The molecule has 8 heteroatoms. The van der Waals surface area contributed by atoms with Crippen LogP contribution in [0.4, 0.5) is 11.5 Å². The summed E-state index contributed by atoms with van der Waals surface area (Å²) in [7, 11) is 0. The van der Waals surface area contributed by atoms with Crippen molar-refractivity contribution in [1.29, 1.82) is 0 Å². The number of pyridine rings is 1. The highest BCUT2D eigenvalue weighted by molar-refractivity contribution is 5.61. The van der Waals surface area contributed by atoms with Crippen molar-refractivity contribution in [2.45, 2.75) is 0 Å². The Kier molecular flexibility index (Phi) is 3.03. The minimum Gasteiger partial charge on any atom is -0.384 e. The summed E-state index contributed by atoms with van der Waals surface area (Å²) in [5, 5.41) is 14.4. The first-order valence-electron chi connectivity index (χ1n) is 5.94. The van der Waals surface area contributed by atoms with Gasteiger partial charge in [0, 0.05) is 23.9 Å². The molecule has 0 aliphatic rings. The first-order chi connectivity index (χ1) is 10.1. The molecule has 0 aliphatic heterocycles. The number of nitrogen functional groups attached to an aromatic ring is 1. The Balaban J connectivity index is 1.90. The standard InChI is InChI=1S/C13H9N5O3/c14-11-6-3-9(7-15-11)13-16-12(17-21-13)8-1-4-10(5-2-8)18(19)20/h1-7H,(H2,14,15). The van der Waals surface area contributed by atoms with Gasteiger partial charge in [0.2, 0.25) is 5.82 Å². The first kappa shape index (κ1) is 12.7. The van der Waals surface area contributed by atoms with Gasteiger partial charge in [0.25, 0.3) is 11.6 Å². The van der Waals surface area contributed by atoms with Crippen molar-refractivity contribution in [3.63, 3.8) is 0 Å². The summed E-state index contributed by atoms with van der Waals surface area (Å²) < 4.78 is 5.15. The topological polar surface area (TPSA) is 121 Å². The summed E-state index contributed by atoms with van der Waals surface area (Å²) in [6.45, 7) is 0. The van der Waals surface area contributed by atoms with Crippen LogP contribution in [0.25, 0.3) is 22.8 Å². The van der Waals surface area contributed by atoms with Crippen LogP contribution in [0.15, 0.2) is 47.1 Å². The molecule has 104 valence electrons. The number of non-ortho nitro benzene ring substituents is 1. The van der Waals surface area contributed by atoms with E-state index in [0.29, 0.717) is 28.7 Å². The summed E-state index contributed by atoms with van der Waals surface area (Å²) in [5.41, 5.74) is 6.78. The number of nitrogens with two attached hydrogens (primary N) is 1. The number of aromatic nitrogens is 3. The summed E-state index contributed by atoms with van der Waals surface area (Å²) in [6.07, 6.45) is 1.53. The highest BCUT2D eigenvalue weighted by atomic mass is 16.6. The van der Waals surface area contributed by atoms with Crippen LogP contribution in [0.3, 0.4) is 0 Å². The van der Waals surface area contributed by atoms with Gasteiger partial charge in [-0.05, 0) is 24.3 Å². The van der Waals surface area contributed by atoms with Gasteiger partial charge in [-0.25, -0.2) is 4.98 Å². The Hall–Kier alpha value is -3.29. The summed E-state index contributed by atoms with van der Waals surface area (Å²) in [5.74, 6) is 1.04. The Morgan fingerprint density at radius 3 is 2.43 bits per heavy atom. The molecule has 2 aromatic heterocycles. The largest absolute Gasteiger partial charge is 0.384 e. The second kappa shape index (κ2) is 5.00. The molecule has 0 unspecified atom stereocenters. The van der Waals surface area contributed by atoms with Gasteiger partial charge in [-0.3, -0.25) is 10.1 Å². The molecule has 0 fully saturated rings. The van der Waals surface area contributed by atoms with E-state index in [-0.39, 0.29) is 5.69 Å². The number of rotatable bonds is 3. The van der Waals surface area contributed by atoms with E-state index in [1.54, 1.807) is 24.3 Å². The van der Waals surface area contributed by atoms with Gasteiger partial charge >= 0.3 is 0 Å². The van der Waals surface area contributed by atoms with Gasteiger partial charge in [-0.2, -0.15) is 4.98 Å². The van der Waals surface area contributed by atoms with E-state index in [9.17, 15) is 10.1 Å². The zero-order valence-electron chi connectivity index (χ0n) is 10.6. The number of nitro groups is 1. The van der Waals surface area contributed by atoms with Gasteiger partial charge in [0.1, 0.15) is 5.82 Å². The van der Waals surface area contributed by atoms with E-state index in [1.807, 2.05) is 0 Å². The van der Waals surface area contributed by atoms with Gasteiger partial charge in [-0.1, -0.05) is 5.16 Å². The predicted molar refractivity (Wildman–Crippen MR) is 74.0 cm³/mol. The molecule has 0 saturated carbocycles. The molecule has 2 N–H and O–H groups in total. The highest BCUT2D eigenvalue weighted by Gasteiger charge is 2.12. The second-order valence-electron chi connectivity index (χ2n) is 4.20. The van der Waals surface area contributed by atoms with Gasteiger partial charge in [-0.15, -0.1) is 0 Å². The molecule has 0 atom stereocenters. The average Bonchev–Trinajstić information content (AvgIpc) is 2.98. The third kappa shape index (κ3) is 2.54. The number of hydrogen-bond acceptors (Lipinski definition) is 7. The quantitative estimate of drug-likeness (QED) is 0.578. The van der Waals surface area contributed by atoms with E-state index in [4.69, 9.17) is 10.3 Å². The van der Waals surface area contributed by atoms with Crippen LogP contribution in [0.2, 0.25) is 0 Å². The van der Waals surface area contributed by atoms with Crippen molar-refractivity contribution in [3.8, 4) is 22.8 Å². The predicted octanol–water partition coefficient (Wildman–Crippen LogP) is 2.29. The minimum atomic E-state index is -0.467. The lowest BCUT2D eigenvalue weighted by molar-refractivity contribution is -0.384. The molecule has 0 spiro atoms. The minimum absolute atomic E-state index is 0.00482. The molecule has 0 amide bonds. The molecule has 0 radical (unpaired) electrons. The Bertz CT molecular complexity index is 780. The zero-order valence-corrected chi connectivity index (χ0v) is 10.6. The van der Waals surface area contributed by atoms with Gasteiger partial charge in [0.05, 0.1) is 10.5 Å². The molecule has 3 rings (SSSR count). The number of benzene rings is 1. The van der Waals surface area contributed by atoms with Crippen LogP contribution in [0.5, 0.6) is 0 Å². The van der Waals surface area contributed by atoms with E-state index < -0.39 is 4.92 Å². The van der Waals surface area contributed by atoms with Gasteiger partial charge < -0.3 is 10.3 Å². The molecule has 0 saturated heterocycles.